The molecule has 2 aromatic heterocycles. The second-order valence-corrected chi connectivity index (χ2v) is 5.26. The van der Waals surface area contributed by atoms with Gasteiger partial charge >= 0.3 is 0 Å². The maximum Gasteiger partial charge on any atom is 0.224 e. The summed E-state index contributed by atoms with van der Waals surface area (Å²) >= 11 is 0. The molecule has 2 N–H and O–H groups in total. The molecule has 0 saturated heterocycles. The summed E-state index contributed by atoms with van der Waals surface area (Å²) in [5.41, 5.74) is 3.00. The quantitative estimate of drug-likeness (QED) is 0.849. The lowest BCUT2D eigenvalue weighted by Gasteiger charge is -2.16. The number of rotatable bonds is 6. The van der Waals surface area contributed by atoms with E-state index in [1.54, 1.807) is 0 Å². The molecule has 1 atom stereocenters. The molecule has 0 fully saturated rings. The predicted molar refractivity (Wildman–Crippen MR) is 83.6 cm³/mol. The number of anilines is 2. The number of hydrogen-bond acceptors (Lipinski definition) is 6. The summed E-state index contributed by atoms with van der Waals surface area (Å²) in [6.07, 6.45) is 2.86. The van der Waals surface area contributed by atoms with Gasteiger partial charge in [0.05, 0.1) is 11.7 Å². The Hall–Kier alpha value is -2.11. The van der Waals surface area contributed by atoms with Crippen molar-refractivity contribution in [3.05, 3.63) is 28.8 Å². The maximum atomic E-state index is 5.23. The second-order valence-electron chi connectivity index (χ2n) is 5.26. The number of aryl methyl sites for hydroxylation is 3. The minimum atomic E-state index is 0.0730. The van der Waals surface area contributed by atoms with E-state index in [4.69, 9.17) is 4.52 Å². The third-order valence-corrected chi connectivity index (χ3v) is 3.38. The molecule has 21 heavy (non-hydrogen) atoms. The molecular weight excluding hydrogens is 266 g/mol. The van der Waals surface area contributed by atoms with Crippen molar-refractivity contribution in [3.63, 3.8) is 0 Å². The minimum absolute atomic E-state index is 0.0730. The molecule has 2 aromatic rings. The lowest BCUT2D eigenvalue weighted by molar-refractivity contribution is 0.392. The Bertz CT molecular complexity index is 589. The smallest absolute Gasteiger partial charge is 0.224 e. The van der Waals surface area contributed by atoms with E-state index in [0.29, 0.717) is 5.95 Å². The highest BCUT2D eigenvalue weighted by molar-refractivity contribution is 5.48. The highest BCUT2D eigenvalue weighted by Crippen LogP contribution is 2.25. The SMILES string of the molecule is CCCNc1ncc(C)c(NC(C)c2c(C)noc2C)n1. The molecule has 2 heterocycles. The van der Waals surface area contributed by atoms with Gasteiger partial charge in [-0.2, -0.15) is 4.98 Å². The number of nitrogens with one attached hydrogen (secondary N) is 2. The van der Waals surface area contributed by atoms with Crippen LogP contribution in [-0.4, -0.2) is 21.7 Å². The van der Waals surface area contributed by atoms with Gasteiger partial charge < -0.3 is 15.2 Å². The Kier molecular flexibility index (Phi) is 4.77. The third kappa shape index (κ3) is 3.51. The molecule has 0 aliphatic heterocycles. The fraction of sp³-hybridized carbons (Fsp3) is 0.533. The fourth-order valence-electron chi connectivity index (χ4n) is 2.30. The molecule has 0 amide bonds. The molecule has 2 rings (SSSR count). The highest BCUT2D eigenvalue weighted by atomic mass is 16.5. The topological polar surface area (TPSA) is 75.9 Å². The zero-order chi connectivity index (χ0) is 15.4. The van der Waals surface area contributed by atoms with Crippen LogP contribution in [0.3, 0.4) is 0 Å². The molecule has 1 unspecified atom stereocenters. The molecule has 0 aliphatic carbocycles. The van der Waals surface area contributed by atoms with Crippen LogP contribution < -0.4 is 10.6 Å². The predicted octanol–water partition coefficient (Wildman–Crippen LogP) is 3.38. The Morgan fingerprint density at radius 2 is 2.05 bits per heavy atom. The highest BCUT2D eigenvalue weighted by Gasteiger charge is 2.17. The number of aromatic nitrogens is 3. The lowest BCUT2D eigenvalue weighted by atomic mass is 10.1. The molecule has 0 aromatic carbocycles. The van der Waals surface area contributed by atoms with Crippen molar-refractivity contribution in [2.24, 2.45) is 0 Å². The fourth-order valence-corrected chi connectivity index (χ4v) is 2.30. The molecule has 6 nitrogen and oxygen atoms in total. The van der Waals surface area contributed by atoms with Crippen molar-refractivity contribution in [1.82, 2.24) is 15.1 Å². The van der Waals surface area contributed by atoms with Crippen molar-refractivity contribution >= 4 is 11.8 Å². The maximum absolute atomic E-state index is 5.23. The Morgan fingerprint density at radius 1 is 1.29 bits per heavy atom. The van der Waals surface area contributed by atoms with Crippen LogP contribution in [0, 0.1) is 20.8 Å². The number of nitrogens with zero attached hydrogens (tertiary/aromatic N) is 3. The van der Waals surface area contributed by atoms with Crippen LogP contribution in [0.4, 0.5) is 11.8 Å². The van der Waals surface area contributed by atoms with Crippen molar-refractivity contribution in [2.75, 3.05) is 17.2 Å². The first-order valence-electron chi connectivity index (χ1n) is 7.29. The van der Waals surface area contributed by atoms with E-state index in [1.807, 2.05) is 27.0 Å². The van der Waals surface area contributed by atoms with Crippen molar-refractivity contribution in [2.45, 2.75) is 47.1 Å². The van der Waals surface area contributed by atoms with E-state index >= 15 is 0 Å². The van der Waals surface area contributed by atoms with Gasteiger partial charge in [0.1, 0.15) is 11.6 Å². The zero-order valence-electron chi connectivity index (χ0n) is 13.3. The normalized spacial score (nSPS) is 12.2. The van der Waals surface area contributed by atoms with E-state index < -0.39 is 0 Å². The Labute approximate surface area is 125 Å². The molecule has 0 radical (unpaired) electrons. The van der Waals surface area contributed by atoms with Crippen molar-refractivity contribution < 1.29 is 4.52 Å². The van der Waals surface area contributed by atoms with Gasteiger partial charge in [0.25, 0.3) is 0 Å². The van der Waals surface area contributed by atoms with Gasteiger partial charge in [-0.05, 0) is 34.1 Å². The summed E-state index contributed by atoms with van der Waals surface area (Å²) in [5.74, 6) is 2.32. The van der Waals surface area contributed by atoms with Crippen molar-refractivity contribution in [1.29, 1.82) is 0 Å². The van der Waals surface area contributed by atoms with Gasteiger partial charge in [-0.25, -0.2) is 4.98 Å². The van der Waals surface area contributed by atoms with E-state index in [9.17, 15) is 0 Å². The standard InChI is InChI=1S/C15H23N5O/c1-6-7-16-15-17-8-9(2)14(19-15)18-10(3)13-11(4)20-21-12(13)5/h8,10H,6-7H2,1-5H3,(H2,16,17,18,19). The van der Waals surface area contributed by atoms with Crippen molar-refractivity contribution in [3.8, 4) is 0 Å². The largest absolute Gasteiger partial charge is 0.363 e. The molecular formula is C15H23N5O. The zero-order valence-corrected chi connectivity index (χ0v) is 13.3. The van der Waals surface area contributed by atoms with E-state index in [1.165, 1.54) is 0 Å². The molecule has 0 bridgehead atoms. The Morgan fingerprint density at radius 3 is 2.67 bits per heavy atom. The van der Waals surface area contributed by atoms with Gasteiger partial charge in [0.2, 0.25) is 5.95 Å². The molecule has 0 spiro atoms. The van der Waals surface area contributed by atoms with Gasteiger partial charge in [0.15, 0.2) is 0 Å². The second kappa shape index (κ2) is 6.56. The van der Waals surface area contributed by atoms with Gasteiger partial charge in [-0.1, -0.05) is 12.1 Å². The first kappa shape index (κ1) is 15.3. The van der Waals surface area contributed by atoms with Crippen LogP contribution in [0.25, 0.3) is 0 Å². The van der Waals surface area contributed by atoms with Crippen LogP contribution in [0.15, 0.2) is 10.7 Å². The summed E-state index contributed by atoms with van der Waals surface area (Å²) in [5, 5.41) is 10.6. The van der Waals surface area contributed by atoms with Gasteiger partial charge in [-0.15, -0.1) is 0 Å². The molecule has 0 aliphatic rings. The summed E-state index contributed by atoms with van der Waals surface area (Å²) in [7, 11) is 0. The monoisotopic (exact) mass is 289 g/mol. The van der Waals surface area contributed by atoms with Gasteiger partial charge in [-0.3, -0.25) is 0 Å². The molecule has 6 heteroatoms. The van der Waals surface area contributed by atoms with Crippen LogP contribution in [0.1, 0.15) is 48.9 Å². The number of hydrogen-bond donors (Lipinski definition) is 2. The Balaban J connectivity index is 2.18. The first-order chi connectivity index (χ1) is 10.0. The third-order valence-electron chi connectivity index (χ3n) is 3.38. The minimum Gasteiger partial charge on any atom is -0.363 e. The summed E-state index contributed by atoms with van der Waals surface area (Å²) in [6.45, 7) is 10.9. The first-order valence-corrected chi connectivity index (χ1v) is 7.29. The van der Waals surface area contributed by atoms with Crippen LogP contribution in [0.5, 0.6) is 0 Å². The van der Waals surface area contributed by atoms with E-state index in [-0.39, 0.29) is 6.04 Å². The summed E-state index contributed by atoms with van der Waals surface area (Å²) in [6, 6.07) is 0.0730. The lowest BCUT2D eigenvalue weighted by Crippen LogP contribution is -2.13. The van der Waals surface area contributed by atoms with Crippen LogP contribution in [0.2, 0.25) is 0 Å². The van der Waals surface area contributed by atoms with E-state index in [2.05, 4.69) is 39.6 Å². The van der Waals surface area contributed by atoms with Crippen LogP contribution in [-0.2, 0) is 0 Å². The average Bonchev–Trinajstić information content (AvgIpc) is 2.79. The summed E-state index contributed by atoms with van der Waals surface area (Å²) in [4.78, 5) is 8.82. The molecule has 114 valence electrons. The molecule has 0 saturated carbocycles. The van der Waals surface area contributed by atoms with Crippen LogP contribution >= 0.6 is 0 Å². The van der Waals surface area contributed by atoms with Gasteiger partial charge in [0, 0.05) is 23.9 Å². The van der Waals surface area contributed by atoms with E-state index in [0.717, 1.165) is 41.4 Å². The average molecular weight is 289 g/mol. The summed E-state index contributed by atoms with van der Waals surface area (Å²) < 4.78 is 5.23.